The molecule has 0 bridgehead atoms. The summed E-state index contributed by atoms with van der Waals surface area (Å²) in [5.74, 6) is 0.289. The molecule has 0 aromatic heterocycles. The van der Waals surface area contributed by atoms with Crippen molar-refractivity contribution in [2.75, 3.05) is 26.2 Å². The molecule has 124 valence electrons. The quantitative estimate of drug-likeness (QED) is 0.880. The fourth-order valence-corrected chi connectivity index (χ4v) is 3.31. The lowest BCUT2D eigenvalue weighted by atomic mass is 9.91. The van der Waals surface area contributed by atoms with Crippen LogP contribution in [0.4, 0.5) is 13.2 Å². The Bertz CT molecular complexity index is 497. The van der Waals surface area contributed by atoms with E-state index in [1.165, 1.54) is 6.07 Å². The third kappa shape index (κ3) is 4.15. The van der Waals surface area contributed by atoms with E-state index in [1.807, 2.05) is 13.8 Å². The van der Waals surface area contributed by atoms with Crippen LogP contribution in [0.15, 0.2) is 18.2 Å². The molecule has 1 N–H and O–H groups in total. The molecule has 0 unspecified atom stereocenters. The number of rotatable bonds is 4. The molecule has 1 aromatic carbocycles. The highest BCUT2D eigenvalue weighted by Gasteiger charge is 2.38. The van der Waals surface area contributed by atoms with E-state index in [-0.39, 0.29) is 22.5 Å². The highest BCUT2D eigenvalue weighted by Crippen LogP contribution is 2.42. The Balaban J connectivity index is 2.46. The second-order valence-electron chi connectivity index (χ2n) is 6.13. The number of alkyl halides is 3. The van der Waals surface area contributed by atoms with Crippen molar-refractivity contribution in [3.05, 3.63) is 34.3 Å². The van der Waals surface area contributed by atoms with Gasteiger partial charge in [0.2, 0.25) is 0 Å². The molecule has 6 heteroatoms. The number of halogens is 4. The van der Waals surface area contributed by atoms with Crippen molar-refractivity contribution < 1.29 is 13.2 Å². The zero-order chi connectivity index (χ0) is 16.3. The first-order valence-corrected chi connectivity index (χ1v) is 7.99. The maximum absolute atomic E-state index is 13.4. The van der Waals surface area contributed by atoms with Crippen molar-refractivity contribution >= 4 is 11.6 Å². The van der Waals surface area contributed by atoms with E-state index in [0.29, 0.717) is 6.42 Å². The van der Waals surface area contributed by atoms with Gasteiger partial charge in [0.15, 0.2) is 0 Å². The summed E-state index contributed by atoms with van der Waals surface area (Å²) in [7, 11) is 0. The molecule has 1 aliphatic heterocycles. The van der Waals surface area contributed by atoms with Gasteiger partial charge in [-0.05, 0) is 24.5 Å². The third-order valence-corrected chi connectivity index (χ3v) is 4.31. The zero-order valence-electron chi connectivity index (χ0n) is 12.9. The number of nitrogens with zero attached hydrogens (tertiary/aromatic N) is 1. The first-order valence-electron chi connectivity index (χ1n) is 7.61. The minimum atomic E-state index is -4.39. The Morgan fingerprint density at radius 3 is 2.41 bits per heavy atom. The Kier molecular flexibility index (Phi) is 5.75. The predicted octanol–water partition coefficient (Wildman–Crippen LogP) is 4.35. The summed E-state index contributed by atoms with van der Waals surface area (Å²) in [4.78, 5) is 2.12. The van der Waals surface area contributed by atoms with Crippen LogP contribution >= 0.6 is 11.6 Å². The van der Waals surface area contributed by atoms with Gasteiger partial charge in [0.1, 0.15) is 0 Å². The number of nitrogens with one attached hydrogen (secondary N) is 1. The summed E-state index contributed by atoms with van der Waals surface area (Å²) in [5, 5.41) is 3.44. The van der Waals surface area contributed by atoms with Gasteiger partial charge in [0, 0.05) is 42.8 Å². The van der Waals surface area contributed by atoms with Crippen LogP contribution in [0.3, 0.4) is 0 Å². The molecule has 2 nitrogen and oxygen atoms in total. The van der Waals surface area contributed by atoms with E-state index < -0.39 is 11.7 Å². The third-order valence-electron chi connectivity index (χ3n) is 3.98. The molecule has 1 saturated heterocycles. The summed E-state index contributed by atoms with van der Waals surface area (Å²) in [6.45, 7) is 7.11. The molecule has 1 aliphatic rings. The maximum Gasteiger partial charge on any atom is 0.416 e. The van der Waals surface area contributed by atoms with Crippen LogP contribution in [0.1, 0.15) is 37.4 Å². The average molecular weight is 335 g/mol. The van der Waals surface area contributed by atoms with E-state index in [4.69, 9.17) is 11.6 Å². The van der Waals surface area contributed by atoms with Gasteiger partial charge in [-0.1, -0.05) is 31.5 Å². The van der Waals surface area contributed by atoms with Gasteiger partial charge in [-0.25, -0.2) is 0 Å². The van der Waals surface area contributed by atoms with Crippen LogP contribution in [0.5, 0.6) is 0 Å². The SMILES string of the molecule is CC(C)C[C@H](c1c(Cl)cccc1C(F)(F)F)N1CCNCC1. The van der Waals surface area contributed by atoms with Crippen molar-refractivity contribution in [1.29, 1.82) is 0 Å². The Labute approximate surface area is 134 Å². The lowest BCUT2D eigenvalue weighted by Crippen LogP contribution is -2.45. The topological polar surface area (TPSA) is 15.3 Å². The Hall–Kier alpha value is -0.780. The van der Waals surface area contributed by atoms with Crippen molar-refractivity contribution in [2.45, 2.75) is 32.5 Å². The fourth-order valence-electron chi connectivity index (χ4n) is 3.01. The molecule has 1 aromatic rings. The highest BCUT2D eigenvalue weighted by atomic mass is 35.5. The minimum absolute atomic E-state index is 0.207. The van der Waals surface area contributed by atoms with Crippen LogP contribution in [-0.2, 0) is 6.18 Å². The standard InChI is InChI=1S/C16H22ClF3N2/c1-11(2)10-14(22-8-6-21-7-9-22)15-12(16(18,19)20)4-3-5-13(15)17/h3-5,11,14,21H,6-10H2,1-2H3/t14-/m1/s1. The minimum Gasteiger partial charge on any atom is -0.314 e. The van der Waals surface area contributed by atoms with Crippen molar-refractivity contribution in [1.82, 2.24) is 10.2 Å². The van der Waals surface area contributed by atoms with Gasteiger partial charge in [0.05, 0.1) is 5.56 Å². The first kappa shape index (κ1) is 17.6. The summed E-state index contributed by atoms with van der Waals surface area (Å²) < 4.78 is 40.2. The second-order valence-corrected chi connectivity index (χ2v) is 6.54. The van der Waals surface area contributed by atoms with Crippen LogP contribution in [0, 0.1) is 5.92 Å². The molecular formula is C16H22ClF3N2. The molecule has 22 heavy (non-hydrogen) atoms. The summed E-state index contributed by atoms with van der Waals surface area (Å²) in [6.07, 6.45) is -3.73. The maximum atomic E-state index is 13.4. The average Bonchev–Trinajstić information content (AvgIpc) is 2.44. The summed E-state index contributed by atoms with van der Waals surface area (Å²) in [6, 6.07) is 3.77. The van der Waals surface area contributed by atoms with Gasteiger partial charge < -0.3 is 5.32 Å². The van der Waals surface area contributed by atoms with Crippen LogP contribution in [0.2, 0.25) is 5.02 Å². The number of hydrogen-bond acceptors (Lipinski definition) is 2. The number of piperazine rings is 1. The van der Waals surface area contributed by atoms with E-state index in [2.05, 4.69) is 10.2 Å². The largest absolute Gasteiger partial charge is 0.416 e. The van der Waals surface area contributed by atoms with Gasteiger partial charge in [-0.15, -0.1) is 0 Å². The Morgan fingerprint density at radius 1 is 1.23 bits per heavy atom. The second kappa shape index (κ2) is 7.20. The van der Waals surface area contributed by atoms with Crippen molar-refractivity contribution in [3.63, 3.8) is 0 Å². The molecule has 0 spiro atoms. The molecule has 2 rings (SSSR count). The molecular weight excluding hydrogens is 313 g/mol. The van der Waals surface area contributed by atoms with E-state index in [1.54, 1.807) is 6.07 Å². The van der Waals surface area contributed by atoms with E-state index >= 15 is 0 Å². The van der Waals surface area contributed by atoms with Gasteiger partial charge in [0.25, 0.3) is 0 Å². The first-order chi connectivity index (χ1) is 10.3. The number of hydrogen-bond donors (Lipinski definition) is 1. The lowest BCUT2D eigenvalue weighted by Gasteiger charge is -2.37. The fraction of sp³-hybridized carbons (Fsp3) is 0.625. The zero-order valence-corrected chi connectivity index (χ0v) is 13.6. The van der Waals surface area contributed by atoms with E-state index in [0.717, 1.165) is 32.2 Å². The summed E-state index contributed by atoms with van der Waals surface area (Å²) in [5.41, 5.74) is -0.378. The molecule has 0 aliphatic carbocycles. The molecule has 1 heterocycles. The Morgan fingerprint density at radius 2 is 1.86 bits per heavy atom. The van der Waals surface area contributed by atoms with Gasteiger partial charge >= 0.3 is 6.18 Å². The predicted molar refractivity (Wildman–Crippen MR) is 83.1 cm³/mol. The molecule has 1 fully saturated rings. The monoisotopic (exact) mass is 334 g/mol. The van der Waals surface area contributed by atoms with Gasteiger partial charge in [-0.3, -0.25) is 4.90 Å². The van der Waals surface area contributed by atoms with Crippen molar-refractivity contribution in [3.8, 4) is 0 Å². The van der Waals surface area contributed by atoms with Crippen LogP contribution in [0.25, 0.3) is 0 Å². The molecule has 0 radical (unpaired) electrons. The molecule has 0 saturated carbocycles. The van der Waals surface area contributed by atoms with Crippen molar-refractivity contribution in [2.24, 2.45) is 5.92 Å². The highest BCUT2D eigenvalue weighted by molar-refractivity contribution is 6.31. The smallest absolute Gasteiger partial charge is 0.314 e. The van der Waals surface area contributed by atoms with Crippen LogP contribution in [-0.4, -0.2) is 31.1 Å². The van der Waals surface area contributed by atoms with Crippen LogP contribution < -0.4 is 5.32 Å². The summed E-state index contributed by atoms with van der Waals surface area (Å²) >= 11 is 6.19. The van der Waals surface area contributed by atoms with Gasteiger partial charge in [-0.2, -0.15) is 13.2 Å². The van der Waals surface area contributed by atoms with E-state index in [9.17, 15) is 13.2 Å². The normalized spacial score (nSPS) is 18.7. The molecule has 1 atom stereocenters. The lowest BCUT2D eigenvalue weighted by molar-refractivity contribution is -0.138. The molecule has 0 amide bonds. The number of benzene rings is 1.